The zero-order valence-corrected chi connectivity index (χ0v) is 21.6. The van der Waals surface area contributed by atoms with Gasteiger partial charge < -0.3 is 9.47 Å². The number of nitrogens with zero attached hydrogens (tertiary/aromatic N) is 4. The summed E-state index contributed by atoms with van der Waals surface area (Å²) in [5, 5.41) is 16.2. The van der Waals surface area contributed by atoms with Gasteiger partial charge >= 0.3 is 5.97 Å². The number of aromatic nitrogens is 2. The molecular weight excluding hydrogens is 536 g/mol. The standard InChI is InChI=1S/C29H19ClN4O6/c1-39-26-16-18(6-15-25(26)40-29(36)20-9-13-22(14-10-20)34(37)38)17-31-33-27(19-7-11-21(30)12-8-19)32-24-5-3-2-4-23(24)28(33)35/h2-17H,1H3. The van der Waals surface area contributed by atoms with Crippen LogP contribution in [0.4, 0.5) is 5.69 Å². The van der Waals surface area contributed by atoms with Gasteiger partial charge in [0.2, 0.25) is 0 Å². The van der Waals surface area contributed by atoms with Crippen LogP contribution in [0.25, 0.3) is 22.3 Å². The lowest BCUT2D eigenvalue weighted by Gasteiger charge is -2.11. The van der Waals surface area contributed by atoms with E-state index in [0.717, 1.165) is 0 Å². The third-order valence-corrected chi connectivity index (χ3v) is 6.13. The molecule has 0 aliphatic rings. The van der Waals surface area contributed by atoms with Crippen LogP contribution in [0.5, 0.6) is 11.5 Å². The molecule has 0 aliphatic heterocycles. The first-order valence-electron chi connectivity index (χ1n) is 11.8. The first kappa shape index (κ1) is 26.3. The Bertz CT molecular complexity index is 1830. The number of benzene rings is 4. The van der Waals surface area contributed by atoms with Crippen LogP contribution in [0.2, 0.25) is 5.02 Å². The topological polar surface area (TPSA) is 126 Å². The Balaban J connectivity index is 1.47. The Morgan fingerprint density at radius 1 is 1.00 bits per heavy atom. The van der Waals surface area contributed by atoms with Gasteiger partial charge in [-0.1, -0.05) is 23.7 Å². The Labute approximate surface area is 231 Å². The van der Waals surface area contributed by atoms with Crippen molar-refractivity contribution in [1.82, 2.24) is 9.66 Å². The van der Waals surface area contributed by atoms with Crippen molar-refractivity contribution in [2.75, 3.05) is 7.11 Å². The van der Waals surface area contributed by atoms with E-state index in [2.05, 4.69) is 10.1 Å². The van der Waals surface area contributed by atoms with Crippen LogP contribution in [-0.4, -0.2) is 33.9 Å². The minimum Gasteiger partial charge on any atom is -0.493 e. The highest BCUT2D eigenvalue weighted by Gasteiger charge is 2.16. The summed E-state index contributed by atoms with van der Waals surface area (Å²) in [6, 6.07) is 23.7. The van der Waals surface area contributed by atoms with Crippen molar-refractivity contribution < 1.29 is 19.2 Å². The van der Waals surface area contributed by atoms with E-state index in [4.69, 9.17) is 21.1 Å². The van der Waals surface area contributed by atoms with Gasteiger partial charge in [0, 0.05) is 22.7 Å². The van der Waals surface area contributed by atoms with Crippen molar-refractivity contribution in [3.63, 3.8) is 0 Å². The SMILES string of the molecule is COc1cc(C=Nn2c(-c3ccc(Cl)cc3)nc3ccccc3c2=O)ccc1OC(=O)c1ccc([N+](=O)[O-])cc1. The van der Waals surface area contributed by atoms with Gasteiger partial charge in [0.15, 0.2) is 17.3 Å². The van der Waals surface area contributed by atoms with E-state index >= 15 is 0 Å². The molecule has 10 nitrogen and oxygen atoms in total. The molecule has 0 unspecified atom stereocenters. The Kier molecular flexibility index (Phi) is 7.34. The number of nitro benzene ring substituents is 1. The number of para-hydroxylation sites is 1. The maximum atomic E-state index is 13.4. The Morgan fingerprint density at radius 2 is 1.73 bits per heavy atom. The average Bonchev–Trinajstić information content (AvgIpc) is 2.97. The Hall–Kier alpha value is -5.35. The summed E-state index contributed by atoms with van der Waals surface area (Å²) in [7, 11) is 1.41. The van der Waals surface area contributed by atoms with Crippen LogP contribution in [0.15, 0.2) is 101 Å². The number of nitro groups is 1. The summed E-state index contributed by atoms with van der Waals surface area (Å²) in [5.41, 5.74) is 1.37. The van der Waals surface area contributed by atoms with Crippen LogP contribution in [-0.2, 0) is 0 Å². The van der Waals surface area contributed by atoms with E-state index in [1.54, 1.807) is 60.7 Å². The van der Waals surface area contributed by atoms with Crippen molar-refractivity contribution in [2.45, 2.75) is 0 Å². The smallest absolute Gasteiger partial charge is 0.343 e. The molecule has 0 spiro atoms. The van der Waals surface area contributed by atoms with Crippen LogP contribution in [0.1, 0.15) is 15.9 Å². The number of methoxy groups -OCH3 is 1. The summed E-state index contributed by atoms with van der Waals surface area (Å²) >= 11 is 6.05. The zero-order valence-electron chi connectivity index (χ0n) is 20.9. The molecule has 0 fully saturated rings. The number of rotatable bonds is 7. The van der Waals surface area contributed by atoms with Crippen LogP contribution in [0.3, 0.4) is 0 Å². The number of hydrogen-bond acceptors (Lipinski definition) is 8. The van der Waals surface area contributed by atoms with Gasteiger partial charge in [-0.2, -0.15) is 9.78 Å². The van der Waals surface area contributed by atoms with Gasteiger partial charge in [0.25, 0.3) is 11.2 Å². The fraction of sp³-hybridized carbons (Fsp3) is 0.0345. The summed E-state index contributed by atoms with van der Waals surface area (Å²) in [4.78, 5) is 40.9. The van der Waals surface area contributed by atoms with Crippen molar-refractivity contribution in [1.29, 1.82) is 0 Å². The molecule has 0 saturated heterocycles. The number of esters is 1. The van der Waals surface area contributed by atoms with E-state index in [1.165, 1.54) is 48.3 Å². The molecule has 0 radical (unpaired) electrons. The second-order valence-corrected chi connectivity index (χ2v) is 8.86. The highest BCUT2D eigenvalue weighted by atomic mass is 35.5. The first-order valence-corrected chi connectivity index (χ1v) is 12.2. The van der Waals surface area contributed by atoms with Crippen molar-refractivity contribution in [3.05, 3.63) is 128 Å². The van der Waals surface area contributed by atoms with E-state index in [0.29, 0.717) is 32.9 Å². The third kappa shape index (κ3) is 5.42. The predicted molar refractivity (Wildman–Crippen MR) is 150 cm³/mol. The van der Waals surface area contributed by atoms with Gasteiger partial charge in [-0.3, -0.25) is 14.9 Å². The molecule has 40 heavy (non-hydrogen) atoms. The largest absolute Gasteiger partial charge is 0.493 e. The number of fused-ring (bicyclic) bond motifs is 1. The Morgan fingerprint density at radius 3 is 2.42 bits per heavy atom. The van der Waals surface area contributed by atoms with Gasteiger partial charge in [-0.05, 0) is 72.3 Å². The van der Waals surface area contributed by atoms with Gasteiger partial charge in [0.05, 0.1) is 34.7 Å². The van der Waals surface area contributed by atoms with E-state index in [1.807, 2.05) is 0 Å². The predicted octanol–water partition coefficient (Wildman–Crippen LogP) is 5.74. The number of carbonyl (C=O) groups is 1. The molecule has 0 amide bonds. The molecular formula is C29H19ClN4O6. The fourth-order valence-corrected chi connectivity index (χ4v) is 3.99. The third-order valence-electron chi connectivity index (χ3n) is 5.88. The lowest BCUT2D eigenvalue weighted by Crippen LogP contribution is -2.20. The fourth-order valence-electron chi connectivity index (χ4n) is 3.87. The molecule has 5 rings (SSSR count). The second-order valence-electron chi connectivity index (χ2n) is 8.42. The zero-order chi connectivity index (χ0) is 28.2. The molecule has 5 aromatic rings. The normalized spacial score (nSPS) is 11.1. The van der Waals surface area contributed by atoms with E-state index < -0.39 is 10.9 Å². The van der Waals surface area contributed by atoms with Crippen LogP contribution < -0.4 is 15.0 Å². The van der Waals surface area contributed by atoms with Crippen molar-refractivity contribution in [3.8, 4) is 22.9 Å². The summed E-state index contributed by atoms with van der Waals surface area (Å²) < 4.78 is 12.0. The minimum absolute atomic E-state index is 0.134. The number of ether oxygens (including phenoxy) is 2. The molecule has 0 N–H and O–H groups in total. The maximum Gasteiger partial charge on any atom is 0.343 e. The monoisotopic (exact) mass is 554 g/mol. The molecule has 0 bridgehead atoms. The van der Waals surface area contributed by atoms with Crippen molar-refractivity contribution in [2.24, 2.45) is 5.10 Å². The van der Waals surface area contributed by atoms with Gasteiger partial charge in [-0.15, -0.1) is 0 Å². The molecule has 0 aliphatic carbocycles. The molecule has 11 heteroatoms. The summed E-state index contributed by atoms with van der Waals surface area (Å²) in [5.74, 6) is -0.0104. The molecule has 198 valence electrons. The van der Waals surface area contributed by atoms with Crippen LogP contribution in [0, 0.1) is 10.1 Å². The van der Waals surface area contributed by atoms with Crippen molar-refractivity contribution >= 4 is 40.4 Å². The molecule has 0 saturated carbocycles. The minimum atomic E-state index is -0.712. The second kappa shape index (κ2) is 11.2. The van der Waals surface area contributed by atoms with E-state index in [-0.39, 0.29) is 28.3 Å². The first-order chi connectivity index (χ1) is 19.3. The summed E-state index contributed by atoms with van der Waals surface area (Å²) in [6.45, 7) is 0. The molecule has 4 aromatic carbocycles. The maximum absolute atomic E-state index is 13.4. The summed E-state index contributed by atoms with van der Waals surface area (Å²) in [6.07, 6.45) is 1.46. The highest BCUT2D eigenvalue weighted by Crippen LogP contribution is 2.29. The van der Waals surface area contributed by atoms with Crippen LogP contribution >= 0.6 is 11.6 Å². The number of halogens is 1. The van der Waals surface area contributed by atoms with Gasteiger partial charge in [0.1, 0.15) is 0 Å². The number of non-ortho nitro benzene ring substituents is 1. The highest BCUT2D eigenvalue weighted by molar-refractivity contribution is 6.30. The number of hydrogen-bond donors (Lipinski definition) is 0. The molecule has 0 atom stereocenters. The molecule has 1 aromatic heterocycles. The average molecular weight is 555 g/mol. The quantitative estimate of drug-likeness (QED) is 0.0826. The number of carbonyl (C=O) groups excluding carboxylic acids is 1. The van der Waals surface area contributed by atoms with Gasteiger partial charge in [-0.25, -0.2) is 9.78 Å². The lowest BCUT2D eigenvalue weighted by molar-refractivity contribution is -0.384. The van der Waals surface area contributed by atoms with E-state index in [9.17, 15) is 19.7 Å². The molecule has 1 heterocycles. The lowest BCUT2D eigenvalue weighted by atomic mass is 10.2.